The molecule has 0 amide bonds. The topological polar surface area (TPSA) is 83.1 Å². The van der Waals surface area contributed by atoms with Gasteiger partial charge in [0.25, 0.3) is 5.69 Å². The highest BCUT2D eigenvalue weighted by Gasteiger charge is 2.30. The zero-order chi connectivity index (χ0) is 15.5. The molecule has 0 unspecified atom stereocenters. The van der Waals surface area contributed by atoms with E-state index in [0.29, 0.717) is 11.3 Å². The second-order valence-electron chi connectivity index (χ2n) is 5.15. The summed E-state index contributed by atoms with van der Waals surface area (Å²) in [6.45, 7) is 0.761. The number of benzene rings is 1. The van der Waals surface area contributed by atoms with Crippen LogP contribution in [0.3, 0.4) is 0 Å². The molecule has 0 bridgehead atoms. The highest BCUT2D eigenvalue weighted by Crippen LogP contribution is 2.40. The fraction of sp³-hybridized carbons (Fsp3) is 0.333. The molecule has 1 aliphatic rings. The average Bonchev–Trinajstić information content (AvgIpc) is 3.08. The van der Waals surface area contributed by atoms with Crippen LogP contribution in [0.1, 0.15) is 35.9 Å². The van der Waals surface area contributed by atoms with Crippen LogP contribution in [0.5, 0.6) is 0 Å². The predicted octanol–water partition coefficient (Wildman–Crippen LogP) is 3.65. The van der Waals surface area contributed by atoms with Gasteiger partial charge in [-0.3, -0.25) is 10.1 Å². The second kappa shape index (κ2) is 6.12. The number of anilines is 1. The van der Waals surface area contributed by atoms with E-state index in [1.807, 2.05) is 11.4 Å². The van der Waals surface area contributed by atoms with E-state index in [4.69, 9.17) is 5.26 Å². The van der Waals surface area contributed by atoms with Crippen molar-refractivity contribution in [3.63, 3.8) is 0 Å². The Morgan fingerprint density at radius 3 is 3.00 bits per heavy atom. The van der Waals surface area contributed by atoms with E-state index >= 15 is 0 Å². The molecule has 6 nitrogen and oxygen atoms in total. The van der Waals surface area contributed by atoms with E-state index in [9.17, 15) is 10.1 Å². The third kappa shape index (κ3) is 2.65. The van der Waals surface area contributed by atoms with Crippen LogP contribution in [0.25, 0.3) is 0 Å². The Morgan fingerprint density at radius 1 is 1.45 bits per heavy atom. The molecular formula is C15H14N4O2S. The summed E-state index contributed by atoms with van der Waals surface area (Å²) < 4.78 is 0. The monoisotopic (exact) mass is 314 g/mol. The van der Waals surface area contributed by atoms with E-state index < -0.39 is 4.92 Å². The first-order valence-corrected chi connectivity index (χ1v) is 7.93. The molecule has 112 valence electrons. The minimum absolute atomic E-state index is 0.0116. The van der Waals surface area contributed by atoms with Crippen LogP contribution >= 0.6 is 11.3 Å². The number of nitro groups is 1. The molecule has 0 saturated carbocycles. The van der Waals surface area contributed by atoms with Crippen molar-refractivity contribution in [3.05, 3.63) is 50.5 Å². The Balaban J connectivity index is 2.04. The molecule has 2 aromatic rings. The van der Waals surface area contributed by atoms with Gasteiger partial charge in [-0.25, -0.2) is 4.98 Å². The van der Waals surface area contributed by atoms with E-state index in [2.05, 4.69) is 9.88 Å². The molecule has 0 aliphatic carbocycles. The van der Waals surface area contributed by atoms with Crippen molar-refractivity contribution in [3.8, 4) is 6.07 Å². The van der Waals surface area contributed by atoms with Gasteiger partial charge in [-0.1, -0.05) is 0 Å². The molecule has 22 heavy (non-hydrogen) atoms. The number of hydrogen-bond acceptors (Lipinski definition) is 6. The van der Waals surface area contributed by atoms with Gasteiger partial charge in [0.2, 0.25) is 0 Å². The predicted molar refractivity (Wildman–Crippen MR) is 83.9 cm³/mol. The van der Waals surface area contributed by atoms with E-state index in [-0.39, 0.29) is 11.7 Å². The summed E-state index contributed by atoms with van der Waals surface area (Å²) in [6.07, 6.45) is 4.79. The van der Waals surface area contributed by atoms with E-state index in [0.717, 1.165) is 30.8 Å². The Hall–Kier alpha value is -2.46. The molecule has 3 rings (SSSR count). The maximum Gasteiger partial charge on any atom is 0.293 e. The fourth-order valence-electron chi connectivity index (χ4n) is 2.86. The van der Waals surface area contributed by atoms with Crippen molar-refractivity contribution in [2.75, 3.05) is 11.4 Å². The summed E-state index contributed by atoms with van der Waals surface area (Å²) in [5.41, 5.74) is 0.865. The Labute approximate surface area is 131 Å². The Kier molecular flexibility index (Phi) is 4.02. The second-order valence-corrected chi connectivity index (χ2v) is 6.07. The zero-order valence-electron chi connectivity index (χ0n) is 11.8. The molecule has 0 N–H and O–H groups in total. The number of aromatic nitrogens is 1. The van der Waals surface area contributed by atoms with Crippen LogP contribution in [0.4, 0.5) is 11.4 Å². The Morgan fingerprint density at radius 2 is 2.32 bits per heavy atom. The molecule has 0 spiro atoms. The first-order chi connectivity index (χ1) is 10.7. The molecule has 1 aromatic carbocycles. The minimum atomic E-state index is -0.413. The SMILES string of the molecule is N#Cc1ccc(N2CCCC[C@H]2c2nccs2)c([N+](=O)[O-])c1. The maximum absolute atomic E-state index is 11.4. The van der Waals surface area contributed by atoms with Crippen LogP contribution in [-0.4, -0.2) is 16.5 Å². The minimum Gasteiger partial charge on any atom is -0.357 e. The lowest BCUT2D eigenvalue weighted by Crippen LogP contribution is -2.33. The molecule has 1 aromatic heterocycles. The molecular weight excluding hydrogens is 300 g/mol. The number of hydrogen-bond donors (Lipinski definition) is 0. The van der Waals surface area contributed by atoms with Gasteiger partial charge in [0, 0.05) is 24.2 Å². The van der Waals surface area contributed by atoms with Gasteiger partial charge in [0.15, 0.2) is 0 Å². The molecule has 7 heteroatoms. The smallest absolute Gasteiger partial charge is 0.293 e. The van der Waals surface area contributed by atoms with E-state index in [1.165, 1.54) is 6.07 Å². The quantitative estimate of drug-likeness (QED) is 0.638. The van der Waals surface area contributed by atoms with Crippen molar-refractivity contribution in [2.45, 2.75) is 25.3 Å². The molecule has 1 fully saturated rings. The van der Waals surface area contributed by atoms with Crippen LogP contribution < -0.4 is 4.90 Å². The number of rotatable bonds is 3. The normalized spacial score (nSPS) is 18.0. The summed E-state index contributed by atoms with van der Waals surface area (Å²) >= 11 is 1.57. The largest absolute Gasteiger partial charge is 0.357 e. The van der Waals surface area contributed by atoms with E-state index in [1.54, 1.807) is 29.7 Å². The highest BCUT2D eigenvalue weighted by molar-refractivity contribution is 7.09. The summed E-state index contributed by atoms with van der Waals surface area (Å²) in [5, 5.41) is 23.2. The fourth-order valence-corrected chi connectivity index (χ4v) is 3.64. The first-order valence-electron chi connectivity index (χ1n) is 7.05. The lowest BCUT2D eigenvalue weighted by Gasteiger charge is -2.36. The first kappa shape index (κ1) is 14.5. The van der Waals surface area contributed by atoms with Gasteiger partial charge >= 0.3 is 0 Å². The van der Waals surface area contributed by atoms with Gasteiger partial charge < -0.3 is 4.90 Å². The standard InChI is InChI=1S/C15H14N4O2S/c16-10-11-4-5-12(14(9-11)19(20)21)18-7-2-1-3-13(18)15-17-6-8-22-15/h4-6,8-9,13H,1-3,7H2/t13-/m0/s1. The number of nitrogens with zero attached hydrogens (tertiary/aromatic N) is 4. The summed E-state index contributed by atoms with van der Waals surface area (Å²) in [6, 6.07) is 6.70. The third-order valence-electron chi connectivity index (χ3n) is 3.85. The van der Waals surface area contributed by atoms with Crippen molar-refractivity contribution in [1.82, 2.24) is 4.98 Å². The van der Waals surface area contributed by atoms with Gasteiger partial charge in [-0.2, -0.15) is 5.26 Å². The lowest BCUT2D eigenvalue weighted by atomic mass is 10.0. The van der Waals surface area contributed by atoms with Crippen LogP contribution in [-0.2, 0) is 0 Å². The number of nitriles is 1. The summed E-state index contributed by atoms with van der Waals surface area (Å²) in [7, 11) is 0. The van der Waals surface area contributed by atoms with Crippen molar-refractivity contribution >= 4 is 22.7 Å². The average molecular weight is 314 g/mol. The molecule has 1 aliphatic heterocycles. The number of nitro benzene ring substituents is 1. The highest BCUT2D eigenvalue weighted by atomic mass is 32.1. The lowest BCUT2D eigenvalue weighted by molar-refractivity contribution is -0.384. The third-order valence-corrected chi connectivity index (χ3v) is 4.73. The molecule has 1 saturated heterocycles. The summed E-state index contributed by atoms with van der Waals surface area (Å²) in [4.78, 5) is 17.4. The maximum atomic E-state index is 11.4. The number of thiazole rings is 1. The number of piperidine rings is 1. The van der Waals surface area contributed by atoms with Crippen molar-refractivity contribution < 1.29 is 4.92 Å². The van der Waals surface area contributed by atoms with Gasteiger partial charge in [0.05, 0.1) is 22.6 Å². The van der Waals surface area contributed by atoms with Crippen LogP contribution in [0.2, 0.25) is 0 Å². The van der Waals surface area contributed by atoms with Crippen molar-refractivity contribution in [1.29, 1.82) is 5.26 Å². The van der Waals surface area contributed by atoms with Crippen molar-refractivity contribution in [2.24, 2.45) is 0 Å². The summed E-state index contributed by atoms with van der Waals surface area (Å²) in [5.74, 6) is 0. The molecule has 0 radical (unpaired) electrons. The molecule has 1 atom stereocenters. The van der Waals surface area contributed by atoms with Crippen LogP contribution in [0.15, 0.2) is 29.8 Å². The molecule has 2 heterocycles. The van der Waals surface area contributed by atoms with Crippen LogP contribution in [0, 0.1) is 21.4 Å². The van der Waals surface area contributed by atoms with Gasteiger partial charge in [-0.05, 0) is 31.4 Å². The van der Waals surface area contributed by atoms with Gasteiger partial charge in [-0.15, -0.1) is 11.3 Å². The zero-order valence-corrected chi connectivity index (χ0v) is 12.6. The Bertz CT molecular complexity index is 724. The van der Waals surface area contributed by atoms with Gasteiger partial charge in [0.1, 0.15) is 10.7 Å².